The Kier molecular flexibility index (Phi) is 3.45. The van der Waals surface area contributed by atoms with Crippen molar-refractivity contribution in [2.75, 3.05) is 5.32 Å². The summed E-state index contributed by atoms with van der Waals surface area (Å²) in [6.07, 6.45) is -0.646. The monoisotopic (exact) mass is 297 g/mol. The maximum absolute atomic E-state index is 11.8. The van der Waals surface area contributed by atoms with Gasteiger partial charge >= 0.3 is 6.09 Å². The van der Waals surface area contributed by atoms with Gasteiger partial charge in [-0.3, -0.25) is 15.4 Å². The third-order valence-electron chi connectivity index (χ3n) is 3.01. The summed E-state index contributed by atoms with van der Waals surface area (Å²) in [7, 11) is 0. The summed E-state index contributed by atoms with van der Waals surface area (Å²) in [6, 6.07) is 14.8. The minimum absolute atomic E-state index is 0.0215. The van der Waals surface area contributed by atoms with Crippen molar-refractivity contribution in [1.82, 2.24) is 4.98 Å². The Hall–Kier alpha value is -3.35. The van der Waals surface area contributed by atoms with Crippen LogP contribution in [0.3, 0.4) is 0 Å². The molecule has 7 heteroatoms. The van der Waals surface area contributed by atoms with E-state index in [-0.39, 0.29) is 11.6 Å². The van der Waals surface area contributed by atoms with E-state index in [0.717, 1.165) is 0 Å². The van der Waals surface area contributed by atoms with Gasteiger partial charge in [0, 0.05) is 34.8 Å². The first-order valence-electron chi connectivity index (χ1n) is 6.43. The second kappa shape index (κ2) is 5.57. The number of anilines is 1. The number of nitrogens with zero attached hydrogens (tertiary/aromatic N) is 1. The molecule has 1 amide bonds. The summed E-state index contributed by atoms with van der Waals surface area (Å²) >= 11 is 0. The van der Waals surface area contributed by atoms with Crippen molar-refractivity contribution < 1.29 is 14.5 Å². The van der Waals surface area contributed by atoms with Crippen LogP contribution in [-0.4, -0.2) is 16.0 Å². The molecule has 0 unspecified atom stereocenters. The maximum atomic E-state index is 11.8. The molecule has 0 spiro atoms. The first-order chi connectivity index (χ1) is 10.6. The highest BCUT2D eigenvalue weighted by molar-refractivity contribution is 5.88. The molecule has 0 aliphatic rings. The number of hydrogen-bond donors (Lipinski definition) is 2. The minimum atomic E-state index is -0.646. The van der Waals surface area contributed by atoms with Gasteiger partial charge in [-0.1, -0.05) is 18.2 Å². The molecule has 2 N–H and O–H groups in total. The molecule has 2 aromatic carbocycles. The highest BCUT2D eigenvalue weighted by Crippen LogP contribution is 2.25. The number of H-pyrrole nitrogens is 1. The smallest absolute Gasteiger partial charge is 0.393 e. The molecule has 22 heavy (non-hydrogen) atoms. The Morgan fingerprint density at radius 2 is 1.91 bits per heavy atom. The predicted molar refractivity (Wildman–Crippen MR) is 81.0 cm³/mol. The number of carbonyl (C=O) groups is 1. The molecular weight excluding hydrogens is 286 g/mol. The van der Waals surface area contributed by atoms with E-state index in [9.17, 15) is 14.9 Å². The second-order valence-corrected chi connectivity index (χ2v) is 4.54. The number of ether oxygens (including phenoxy) is 1. The van der Waals surface area contributed by atoms with E-state index in [1.54, 1.807) is 30.3 Å². The maximum Gasteiger partial charge on any atom is 0.418 e. The number of para-hydroxylation sites is 1. The van der Waals surface area contributed by atoms with Crippen LogP contribution in [0, 0.1) is 10.1 Å². The van der Waals surface area contributed by atoms with Crippen LogP contribution in [0.15, 0.2) is 54.6 Å². The van der Waals surface area contributed by atoms with Crippen molar-refractivity contribution in [2.45, 2.75) is 0 Å². The van der Waals surface area contributed by atoms with Crippen LogP contribution >= 0.6 is 0 Å². The van der Waals surface area contributed by atoms with Crippen LogP contribution in [0.5, 0.6) is 5.88 Å². The average Bonchev–Trinajstić information content (AvgIpc) is 2.89. The Morgan fingerprint density at radius 1 is 1.14 bits per heavy atom. The van der Waals surface area contributed by atoms with E-state index < -0.39 is 11.0 Å². The summed E-state index contributed by atoms with van der Waals surface area (Å²) in [5, 5.41) is 13.9. The largest absolute Gasteiger partial charge is 0.418 e. The molecule has 1 heterocycles. The first-order valence-corrected chi connectivity index (χ1v) is 6.43. The van der Waals surface area contributed by atoms with Gasteiger partial charge < -0.3 is 9.72 Å². The lowest BCUT2D eigenvalue weighted by molar-refractivity contribution is -0.384. The van der Waals surface area contributed by atoms with Gasteiger partial charge in [0.2, 0.25) is 5.88 Å². The highest BCUT2D eigenvalue weighted by Gasteiger charge is 2.11. The molecule has 0 bridgehead atoms. The lowest BCUT2D eigenvalue weighted by Crippen LogP contribution is -2.16. The van der Waals surface area contributed by atoms with Gasteiger partial charge in [0.1, 0.15) is 0 Å². The summed E-state index contributed by atoms with van der Waals surface area (Å²) in [5.74, 6) is 0.212. The van der Waals surface area contributed by atoms with E-state index >= 15 is 0 Å². The number of fused-ring (bicyclic) bond motifs is 1. The number of benzene rings is 2. The zero-order valence-corrected chi connectivity index (χ0v) is 11.3. The molecule has 0 atom stereocenters. The Morgan fingerprint density at radius 3 is 2.64 bits per heavy atom. The number of carbonyl (C=O) groups excluding carboxylic acids is 1. The average molecular weight is 297 g/mol. The second-order valence-electron chi connectivity index (χ2n) is 4.54. The summed E-state index contributed by atoms with van der Waals surface area (Å²) < 4.78 is 5.13. The topological polar surface area (TPSA) is 97.3 Å². The molecular formula is C15H11N3O4. The van der Waals surface area contributed by atoms with Crippen molar-refractivity contribution in [3.05, 3.63) is 64.7 Å². The summed E-state index contributed by atoms with van der Waals surface area (Å²) in [6.45, 7) is 0. The molecule has 7 nitrogen and oxygen atoms in total. The third-order valence-corrected chi connectivity index (χ3v) is 3.01. The molecule has 0 radical (unpaired) electrons. The van der Waals surface area contributed by atoms with Gasteiger partial charge in [-0.2, -0.15) is 0 Å². The number of non-ortho nitro benzene ring substituents is 1. The lowest BCUT2D eigenvalue weighted by atomic mass is 10.2. The number of nitro benzene ring substituents is 1. The Labute approximate surface area is 124 Å². The Bertz CT molecular complexity index is 842. The zero-order valence-electron chi connectivity index (χ0n) is 11.3. The van der Waals surface area contributed by atoms with Gasteiger partial charge in [-0.05, 0) is 18.2 Å². The van der Waals surface area contributed by atoms with E-state index in [1.165, 1.54) is 18.2 Å². The van der Waals surface area contributed by atoms with E-state index in [4.69, 9.17) is 4.74 Å². The summed E-state index contributed by atoms with van der Waals surface area (Å²) in [4.78, 5) is 24.9. The van der Waals surface area contributed by atoms with E-state index in [0.29, 0.717) is 16.6 Å². The molecule has 3 rings (SSSR count). The van der Waals surface area contributed by atoms with Gasteiger partial charge in [0.25, 0.3) is 5.69 Å². The van der Waals surface area contributed by atoms with Gasteiger partial charge in [-0.25, -0.2) is 4.79 Å². The number of rotatable bonds is 3. The van der Waals surface area contributed by atoms with Crippen LogP contribution in [0.1, 0.15) is 0 Å². The van der Waals surface area contributed by atoms with Crippen LogP contribution < -0.4 is 10.1 Å². The molecule has 3 aromatic rings. The van der Waals surface area contributed by atoms with Gasteiger partial charge in [0.15, 0.2) is 0 Å². The van der Waals surface area contributed by atoms with E-state index in [2.05, 4.69) is 10.3 Å². The first kappa shape index (κ1) is 13.6. The third kappa shape index (κ3) is 2.88. The highest BCUT2D eigenvalue weighted by atomic mass is 16.6. The van der Waals surface area contributed by atoms with Crippen molar-refractivity contribution in [1.29, 1.82) is 0 Å². The lowest BCUT2D eigenvalue weighted by Gasteiger charge is -2.04. The molecule has 0 aliphatic heterocycles. The van der Waals surface area contributed by atoms with Crippen molar-refractivity contribution >= 4 is 28.4 Å². The molecule has 0 saturated carbocycles. The minimum Gasteiger partial charge on any atom is -0.393 e. The van der Waals surface area contributed by atoms with Gasteiger partial charge in [-0.15, -0.1) is 0 Å². The zero-order chi connectivity index (χ0) is 15.5. The van der Waals surface area contributed by atoms with Crippen molar-refractivity contribution in [3.8, 4) is 5.88 Å². The van der Waals surface area contributed by atoms with Crippen LogP contribution in [0.2, 0.25) is 0 Å². The van der Waals surface area contributed by atoms with E-state index in [1.807, 2.05) is 6.07 Å². The fourth-order valence-corrected chi connectivity index (χ4v) is 2.03. The molecule has 110 valence electrons. The van der Waals surface area contributed by atoms with Crippen molar-refractivity contribution in [3.63, 3.8) is 0 Å². The number of aromatic nitrogens is 1. The number of nitrogens with one attached hydrogen (secondary N) is 2. The predicted octanol–water partition coefficient (Wildman–Crippen LogP) is 3.69. The standard InChI is InChI=1S/C15H11N3O4/c19-15(16-11-4-2-1-3-5-11)22-14-9-10-8-12(18(20)21)6-7-13(10)17-14/h1-9,17H,(H,16,19). The van der Waals surface area contributed by atoms with Gasteiger partial charge in [0.05, 0.1) is 4.92 Å². The quantitative estimate of drug-likeness (QED) is 0.569. The van der Waals surface area contributed by atoms with Crippen LogP contribution in [0.4, 0.5) is 16.2 Å². The van der Waals surface area contributed by atoms with Crippen LogP contribution in [0.25, 0.3) is 10.9 Å². The normalized spacial score (nSPS) is 10.4. The fraction of sp³-hybridized carbons (Fsp3) is 0. The molecule has 0 fully saturated rings. The number of nitro groups is 1. The van der Waals surface area contributed by atoms with Crippen LogP contribution in [-0.2, 0) is 0 Å². The number of hydrogen-bond acceptors (Lipinski definition) is 4. The fourth-order valence-electron chi connectivity index (χ4n) is 2.03. The molecule has 1 aromatic heterocycles. The van der Waals surface area contributed by atoms with Crippen molar-refractivity contribution in [2.24, 2.45) is 0 Å². The molecule has 0 saturated heterocycles. The molecule has 0 aliphatic carbocycles. The number of aromatic amines is 1. The summed E-state index contributed by atoms with van der Waals surface area (Å²) in [5.41, 5.74) is 1.24. The number of amides is 1. The SMILES string of the molecule is O=C(Nc1ccccc1)Oc1cc2cc([N+](=O)[O-])ccc2[nH]1. The Balaban J connectivity index is 1.76.